The second-order valence-electron chi connectivity index (χ2n) is 5.71. The minimum Gasteiger partial charge on any atom is -0.490 e. The van der Waals surface area contributed by atoms with Crippen LogP contribution in [0.3, 0.4) is 0 Å². The van der Waals surface area contributed by atoms with E-state index in [1.54, 1.807) is 25.1 Å². The zero-order chi connectivity index (χ0) is 18.9. The van der Waals surface area contributed by atoms with Gasteiger partial charge in [-0.15, -0.1) is 0 Å². The Morgan fingerprint density at radius 2 is 1.81 bits per heavy atom. The number of halogens is 1. The minimum absolute atomic E-state index is 0.252. The van der Waals surface area contributed by atoms with Gasteiger partial charge in [-0.25, -0.2) is 4.39 Å². The molecule has 1 amide bonds. The number of rotatable bonds is 8. The van der Waals surface area contributed by atoms with E-state index in [4.69, 9.17) is 9.47 Å². The predicted octanol–water partition coefficient (Wildman–Crippen LogP) is 4.26. The molecule has 2 aromatic carbocycles. The van der Waals surface area contributed by atoms with Crippen LogP contribution in [0.25, 0.3) is 6.08 Å². The number of benzene rings is 2. The van der Waals surface area contributed by atoms with E-state index in [2.05, 4.69) is 5.32 Å². The van der Waals surface area contributed by atoms with Gasteiger partial charge in [0.1, 0.15) is 5.82 Å². The maximum Gasteiger partial charge on any atom is 0.244 e. The molecule has 0 saturated carbocycles. The van der Waals surface area contributed by atoms with Crippen molar-refractivity contribution < 1.29 is 18.7 Å². The molecule has 0 bridgehead atoms. The highest BCUT2D eigenvalue weighted by Gasteiger charge is 2.05. The number of hydrogen-bond acceptors (Lipinski definition) is 3. The molecule has 0 aromatic heterocycles. The van der Waals surface area contributed by atoms with Crippen LogP contribution in [-0.2, 0) is 11.3 Å². The molecule has 26 heavy (non-hydrogen) atoms. The lowest BCUT2D eigenvalue weighted by Crippen LogP contribution is -2.20. The van der Waals surface area contributed by atoms with Gasteiger partial charge in [0.05, 0.1) is 13.2 Å². The molecule has 4 nitrogen and oxygen atoms in total. The van der Waals surface area contributed by atoms with Crippen molar-refractivity contribution in [1.29, 1.82) is 0 Å². The highest BCUT2D eigenvalue weighted by atomic mass is 19.1. The number of amides is 1. The summed E-state index contributed by atoms with van der Waals surface area (Å²) in [5, 5.41) is 2.74. The Hall–Kier alpha value is -2.82. The second kappa shape index (κ2) is 9.61. The molecule has 0 unspecified atom stereocenters. The molecular formula is C21H24FNO3. The zero-order valence-corrected chi connectivity index (χ0v) is 15.3. The molecule has 0 aliphatic heterocycles. The van der Waals surface area contributed by atoms with E-state index < -0.39 is 0 Å². The minimum atomic E-state index is -0.273. The maximum atomic E-state index is 13.5. The average Bonchev–Trinajstić information content (AvgIpc) is 2.63. The summed E-state index contributed by atoms with van der Waals surface area (Å²) in [5.74, 6) is 0.798. The van der Waals surface area contributed by atoms with Crippen LogP contribution in [-0.4, -0.2) is 19.1 Å². The van der Waals surface area contributed by atoms with E-state index in [-0.39, 0.29) is 18.3 Å². The lowest BCUT2D eigenvalue weighted by atomic mass is 10.1. The Balaban J connectivity index is 1.98. The largest absolute Gasteiger partial charge is 0.490 e. The van der Waals surface area contributed by atoms with Crippen LogP contribution in [0, 0.1) is 12.7 Å². The quantitative estimate of drug-likeness (QED) is 0.718. The van der Waals surface area contributed by atoms with E-state index in [1.165, 1.54) is 12.1 Å². The first kappa shape index (κ1) is 19.5. The fraction of sp³-hybridized carbons (Fsp3) is 0.286. The molecule has 1 N–H and O–H groups in total. The number of aryl methyl sites for hydroxylation is 1. The van der Waals surface area contributed by atoms with Crippen LogP contribution >= 0.6 is 0 Å². The molecule has 2 rings (SSSR count). The Labute approximate surface area is 153 Å². The first-order valence-corrected chi connectivity index (χ1v) is 8.64. The monoisotopic (exact) mass is 357 g/mol. The van der Waals surface area contributed by atoms with Crippen molar-refractivity contribution >= 4 is 12.0 Å². The number of carbonyl (C=O) groups is 1. The maximum absolute atomic E-state index is 13.5. The summed E-state index contributed by atoms with van der Waals surface area (Å²) in [6.07, 6.45) is 3.14. The molecule has 0 aliphatic carbocycles. The smallest absolute Gasteiger partial charge is 0.244 e. The van der Waals surface area contributed by atoms with Crippen LogP contribution < -0.4 is 14.8 Å². The highest BCUT2D eigenvalue weighted by Crippen LogP contribution is 2.28. The summed E-state index contributed by atoms with van der Waals surface area (Å²) in [6, 6.07) is 10.4. The summed E-state index contributed by atoms with van der Waals surface area (Å²) < 4.78 is 24.6. The molecular weight excluding hydrogens is 333 g/mol. The van der Waals surface area contributed by atoms with Gasteiger partial charge in [-0.3, -0.25) is 4.79 Å². The van der Waals surface area contributed by atoms with Crippen LogP contribution in [0.1, 0.15) is 30.5 Å². The normalized spacial score (nSPS) is 10.8. The van der Waals surface area contributed by atoms with Crippen molar-refractivity contribution in [3.05, 3.63) is 65.0 Å². The lowest BCUT2D eigenvalue weighted by Gasteiger charge is -2.11. The first-order chi connectivity index (χ1) is 12.5. The third-order valence-corrected chi connectivity index (χ3v) is 3.70. The SMILES string of the molecule is CCOc1ccc(/C=C/C(=O)NCc2ccc(C)c(F)c2)cc1OCC. The number of carbonyl (C=O) groups excluding carboxylic acids is 1. The lowest BCUT2D eigenvalue weighted by molar-refractivity contribution is -0.116. The van der Waals surface area contributed by atoms with Crippen LogP contribution in [0.5, 0.6) is 11.5 Å². The molecule has 0 saturated heterocycles. The van der Waals surface area contributed by atoms with Crippen LogP contribution in [0.4, 0.5) is 4.39 Å². The van der Waals surface area contributed by atoms with Gasteiger partial charge in [0.2, 0.25) is 5.91 Å². The molecule has 0 spiro atoms. The van der Waals surface area contributed by atoms with Gasteiger partial charge in [-0.05, 0) is 61.7 Å². The number of hydrogen-bond donors (Lipinski definition) is 1. The summed E-state index contributed by atoms with van der Waals surface area (Å²) in [5.41, 5.74) is 2.13. The van der Waals surface area contributed by atoms with Crippen molar-refractivity contribution in [3.8, 4) is 11.5 Å². The topological polar surface area (TPSA) is 47.6 Å². The molecule has 138 valence electrons. The predicted molar refractivity (Wildman–Crippen MR) is 101 cm³/mol. The van der Waals surface area contributed by atoms with Gasteiger partial charge in [-0.2, -0.15) is 0 Å². The molecule has 0 aliphatic rings. The summed E-state index contributed by atoms with van der Waals surface area (Å²) in [6.45, 7) is 6.87. The Bertz CT molecular complexity index is 787. The van der Waals surface area contributed by atoms with E-state index in [0.717, 1.165) is 11.1 Å². The van der Waals surface area contributed by atoms with Crippen molar-refractivity contribution in [3.63, 3.8) is 0 Å². The van der Waals surface area contributed by atoms with Gasteiger partial charge in [0, 0.05) is 12.6 Å². The fourth-order valence-electron chi connectivity index (χ4n) is 2.34. The summed E-state index contributed by atoms with van der Waals surface area (Å²) in [4.78, 5) is 12.0. The van der Waals surface area contributed by atoms with Crippen molar-refractivity contribution in [2.45, 2.75) is 27.3 Å². The Kier molecular flexibility index (Phi) is 7.21. The molecule has 0 atom stereocenters. The van der Waals surface area contributed by atoms with Crippen LogP contribution in [0.15, 0.2) is 42.5 Å². The van der Waals surface area contributed by atoms with Crippen LogP contribution in [0.2, 0.25) is 0 Å². The first-order valence-electron chi connectivity index (χ1n) is 8.64. The number of nitrogens with one attached hydrogen (secondary N) is 1. The third kappa shape index (κ3) is 5.62. The number of ether oxygens (including phenoxy) is 2. The van der Waals surface area contributed by atoms with E-state index in [1.807, 2.05) is 32.0 Å². The van der Waals surface area contributed by atoms with E-state index >= 15 is 0 Å². The standard InChI is InChI=1S/C21H24FNO3/c1-4-25-19-10-8-16(13-20(19)26-5-2)9-11-21(24)23-14-17-7-6-15(3)18(22)12-17/h6-13H,4-5,14H2,1-3H3,(H,23,24)/b11-9+. The summed E-state index contributed by atoms with van der Waals surface area (Å²) >= 11 is 0. The molecule has 0 radical (unpaired) electrons. The van der Waals surface area contributed by atoms with Gasteiger partial charge < -0.3 is 14.8 Å². The molecule has 5 heteroatoms. The summed E-state index contributed by atoms with van der Waals surface area (Å²) in [7, 11) is 0. The van der Waals surface area contributed by atoms with Crippen molar-refractivity contribution in [1.82, 2.24) is 5.32 Å². The molecule has 2 aromatic rings. The van der Waals surface area contributed by atoms with Gasteiger partial charge >= 0.3 is 0 Å². The van der Waals surface area contributed by atoms with Crippen molar-refractivity contribution in [2.24, 2.45) is 0 Å². The van der Waals surface area contributed by atoms with E-state index in [0.29, 0.717) is 30.3 Å². The highest BCUT2D eigenvalue weighted by molar-refractivity contribution is 5.91. The van der Waals surface area contributed by atoms with Gasteiger partial charge in [-0.1, -0.05) is 18.2 Å². The fourth-order valence-corrected chi connectivity index (χ4v) is 2.34. The van der Waals surface area contributed by atoms with Gasteiger partial charge in [0.25, 0.3) is 0 Å². The third-order valence-electron chi connectivity index (χ3n) is 3.70. The zero-order valence-electron chi connectivity index (χ0n) is 15.3. The van der Waals surface area contributed by atoms with E-state index in [9.17, 15) is 9.18 Å². The average molecular weight is 357 g/mol. The molecule has 0 fully saturated rings. The second-order valence-corrected chi connectivity index (χ2v) is 5.71. The Morgan fingerprint density at radius 1 is 1.08 bits per heavy atom. The molecule has 0 heterocycles. The van der Waals surface area contributed by atoms with Gasteiger partial charge in [0.15, 0.2) is 11.5 Å². The van der Waals surface area contributed by atoms with Crippen molar-refractivity contribution in [2.75, 3.05) is 13.2 Å². The Morgan fingerprint density at radius 3 is 2.50 bits per heavy atom.